The van der Waals surface area contributed by atoms with Gasteiger partial charge >= 0.3 is 12.1 Å². The summed E-state index contributed by atoms with van der Waals surface area (Å²) in [4.78, 5) is 39.4. The van der Waals surface area contributed by atoms with E-state index in [1.807, 2.05) is 24.3 Å². The highest BCUT2D eigenvalue weighted by Crippen LogP contribution is 2.45. The van der Waals surface area contributed by atoms with Gasteiger partial charge in [-0.1, -0.05) is 38.5 Å². The molecule has 6 rings (SSSR count). The van der Waals surface area contributed by atoms with Gasteiger partial charge < -0.3 is 15.2 Å². The molecule has 1 spiro atoms. The zero-order valence-electron chi connectivity index (χ0n) is 20.0. The molecule has 2 atom stereocenters. The molecule has 4 aliphatic rings. The van der Waals surface area contributed by atoms with Crippen molar-refractivity contribution < 1.29 is 24.2 Å². The normalized spacial score (nSPS) is 26.2. The first-order chi connectivity index (χ1) is 17.0. The molecule has 0 unspecified atom stereocenters. The predicted octanol–water partition coefficient (Wildman–Crippen LogP) is 5.32. The number of esters is 1. The molecule has 2 aromatic rings. The molecule has 3 heterocycles. The third-order valence-corrected chi connectivity index (χ3v) is 8.82. The number of nitrogens with one attached hydrogen (secondary N) is 1. The van der Waals surface area contributed by atoms with E-state index in [1.165, 1.54) is 11.3 Å². The first kappa shape index (κ1) is 22.4. The number of nitrogens with zero attached hydrogens (tertiary/aromatic N) is 2. The Morgan fingerprint density at radius 1 is 1.00 bits per heavy atom. The van der Waals surface area contributed by atoms with E-state index in [2.05, 4.69) is 9.88 Å². The van der Waals surface area contributed by atoms with E-state index in [1.54, 1.807) is 0 Å². The molecule has 2 aliphatic heterocycles. The van der Waals surface area contributed by atoms with Crippen LogP contribution in [0.2, 0.25) is 0 Å². The second-order valence-corrected chi connectivity index (χ2v) is 10.8. The molecule has 186 valence electrons. The van der Waals surface area contributed by atoms with Gasteiger partial charge in [0.1, 0.15) is 11.7 Å². The molecule has 0 radical (unpaired) electrons. The minimum absolute atomic E-state index is 0.0642. The standard InChI is InChI=1S/C27H33N3O5/c31-24(23-20(11-14-29(23)26(33)34)17-7-3-1-4-8-17)28-19-9-10-21-18(15-19)16-22-25(32)35-27(30(21)22)12-5-2-6-13-27/h9-10,15-17,20,23H,1-8,11-14H2,(H,28,31)(H,33,34)/t20-,23-/m0/s1. The van der Waals surface area contributed by atoms with Crippen LogP contribution < -0.4 is 5.32 Å². The van der Waals surface area contributed by atoms with Gasteiger partial charge in [-0.2, -0.15) is 0 Å². The van der Waals surface area contributed by atoms with Gasteiger partial charge in [0.25, 0.3) is 0 Å². The van der Waals surface area contributed by atoms with Gasteiger partial charge in [0, 0.05) is 30.5 Å². The minimum atomic E-state index is -1.03. The highest BCUT2D eigenvalue weighted by Gasteiger charge is 2.47. The minimum Gasteiger partial charge on any atom is -0.465 e. The fourth-order valence-electron chi connectivity index (χ4n) is 7.22. The maximum Gasteiger partial charge on any atom is 0.407 e. The maximum atomic E-state index is 13.5. The van der Waals surface area contributed by atoms with Crippen molar-refractivity contribution in [2.45, 2.75) is 82.4 Å². The van der Waals surface area contributed by atoms with Crippen LogP contribution in [0.25, 0.3) is 10.9 Å². The number of anilines is 1. The molecule has 2 aliphatic carbocycles. The first-order valence-electron chi connectivity index (χ1n) is 13.2. The van der Waals surface area contributed by atoms with Gasteiger partial charge in [-0.15, -0.1) is 0 Å². The molecule has 8 nitrogen and oxygen atoms in total. The van der Waals surface area contributed by atoms with Crippen LogP contribution in [0.1, 0.15) is 81.1 Å². The Hall–Kier alpha value is -3.03. The van der Waals surface area contributed by atoms with Crippen molar-refractivity contribution in [3.05, 3.63) is 30.0 Å². The summed E-state index contributed by atoms with van der Waals surface area (Å²) in [6.07, 6.45) is 10.2. The van der Waals surface area contributed by atoms with Crippen LogP contribution in [0.3, 0.4) is 0 Å². The summed E-state index contributed by atoms with van der Waals surface area (Å²) >= 11 is 0. The monoisotopic (exact) mass is 479 g/mol. The first-order valence-corrected chi connectivity index (χ1v) is 13.2. The average Bonchev–Trinajstić information content (AvgIpc) is 3.53. The van der Waals surface area contributed by atoms with Gasteiger partial charge in [0.05, 0.1) is 5.52 Å². The van der Waals surface area contributed by atoms with E-state index >= 15 is 0 Å². The third kappa shape index (κ3) is 3.69. The summed E-state index contributed by atoms with van der Waals surface area (Å²) in [5, 5.41) is 13.7. The van der Waals surface area contributed by atoms with E-state index in [-0.39, 0.29) is 17.8 Å². The summed E-state index contributed by atoms with van der Waals surface area (Å²) < 4.78 is 7.92. The van der Waals surface area contributed by atoms with Crippen LogP contribution in [0.15, 0.2) is 24.3 Å². The van der Waals surface area contributed by atoms with Crippen LogP contribution in [-0.4, -0.2) is 45.1 Å². The van der Waals surface area contributed by atoms with E-state index in [0.717, 1.165) is 75.1 Å². The zero-order valence-corrected chi connectivity index (χ0v) is 20.0. The van der Waals surface area contributed by atoms with Crippen molar-refractivity contribution >= 4 is 34.6 Å². The Bertz CT molecular complexity index is 1170. The molecule has 2 N–H and O–H groups in total. The van der Waals surface area contributed by atoms with Crippen molar-refractivity contribution in [2.24, 2.45) is 11.8 Å². The summed E-state index contributed by atoms with van der Waals surface area (Å²) in [5.74, 6) is -0.0744. The lowest BCUT2D eigenvalue weighted by molar-refractivity contribution is -0.121. The number of likely N-dealkylation sites (tertiary alicyclic amines) is 1. The van der Waals surface area contributed by atoms with Crippen molar-refractivity contribution in [3.63, 3.8) is 0 Å². The zero-order chi connectivity index (χ0) is 24.2. The fourth-order valence-corrected chi connectivity index (χ4v) is 7.22. The van der Waals surface area contributed by atoms with Gasteiger partial charge in [-0.3, -0.25) is 14.3 Å². The van der Waals surface area contributed by atoms with E-state index in [9.17, 15) is 19.5 Å². The highest BCUT2D eigenvalue weighted by molar-refractivity contribution is 6.01. The lowest BCUT2D eigenvalue weighted by atomic mass is 9.76. The van der Waals surface area contributed by atoms with Gasteiger partial charge in [0.2, 0.25) is 5.91 Å². The number of carbonyl (C=O) groups is 3. The van der Waals surface area contributed by atoms with Gasteiger partial charge in [0.15, 0.2) is 5.72 Å². The molecule has 2 amide bonds. The molecular weight excluding hydrogens is 446 g/mol. The molecule has 2 saturated carbocycles. The van der Waals surface area contributed by atoms with Crippen LogP contribution in [0.4, 0.5) is 10.5 Å². The van der Waals surface area contributed by atoms with Crippen LogP contribution in [0, 0.1) is 11.8 Å². The van der Waals surface area contributed by atoms with Gasteiger partial charge in [-0.25, -0.2) is 9.59 Å². The Labute approximate surface area is 204 Å². The molecule has 8 heteroatoms. The molecule has 35 heavy (non-hydrogen) atoms. The summed E-state index contributed by atoms with van der Waals surface area (Å²) in [5.41, 5.74) is 1.53. The van der Waals surface area contributed by atoms with Crippen LogP contribution in [-0.2, 0) is 15.3 Å². The Kier molecular flexibility index (Phi) is 5.49. The van der Waals surface area contributed by atoms with Crippen molar-refractivity contribution in [3.8, 4) is 0 Å². The quantitative estimate of drug-likeness (QED) is 0.581. The van der Waals surface area contributed by atoms with E-state index in [0.29, 0.717) is 23.8 Å². The van der Waals surface area contributed by atoms with Crippen molar-refractivity contribution in [2.75, 3.05) is 11.9 Å². The SMILES string of the molecule is O=C1OC2(CCCCC2)n2c1cc1cc(NC(=O)[C@@H]3[C@H](C4CCCCC4)CCN3C(=O)O)ccc12. The topological polar surface area (TPSA) is 101 Å². The molecule has 3 fully saturated rings. The third-order valence-electron chi connectivity index (χ3n) is 8.82. The number of ether oxygens (including phenoxy) is 1. The number of fused-ring (bicyclic) bond motifs is 4. The predicted molar refractivity (Wildman–Crippen MR) is 130 cm³/mol. The Morgan fingerprint density at radius 2 is 1.74 bits per heavy atom. The Morgan fingerprint density at radius 3 is 2.49 bits per heavy atom. The van der Waals surface area contributed by atoms with Gasteiger partial charge in [-0.05, 0) is 55.4 Å². The fraction of sp³-hybridized carbons (Fsp3) is 0.593. The molecule has 1 aromatic carbocycles. The van der Waals surface area contributed by atoms with E-state index in [4.69, 9.17) is 4.74 Å². The largest absolute Gasteiger partial charge is 0.465 e. The molecule has 1 aromatic heterocycles. The van der Waals surface area contributed by atoms with E-state index < -0.39 is 17.9 Å². The second-order valence-electron chi connectivity index (χ2n) is 10.8. The number of rotatable bonds is 3. The lowest BCUT2D eigenvalue weighted by Crippen LogP contribution is -2.47. The molecule has 0 bridgehead atoms. The van der Waals surface area contributed by atoms with Crippen molar-refractivity contribution in [1.29, 1.82) is 0 Å². The molecular formula is C27H33N3O5. The number of aromatic nitrogens is 1. The smallest absolute Gasteiger partial charge is 0.407 e. The maximum absolute atomic E-state index is 13.5. The summed E-state index contributed by atoms with van der Waals surface area (Å²) in [6.45, 7) is 0.407. The highest BCUT2D eigenvalue weighted by atomic mass is 16.6. The lowest BCUT2D eigenvalue weighted by Gasteiger charge is -2.34. The second kappa shape index (κ2) is 8.57. The number of carboxylic acid groups (broad SMARTS) is 1. The number of amides is 2. The average molecular weight is 480 g/mol. The van der Waals surface area contributed by atoms with Crippen LogP contribution >= 0.6 is 0 Å². The molecule has 1 saturated heterocycles. The van der Waals surface area contributed by atoms with Crippen molar-refractivity contribution in [1.82, 2.24) is 9.47 Å². The number of hydrogen-bond donors (Lipinski definition) is 2. The summed E-state index contributed by atoms with van der Waals surface area (Å²) in [6, 6.07) is 6.86. The number of carbonyl (C=O) groups excluding carboxylic acids is 2. The number of hydrogen-bond acceptors (Lipinski definition) is 4. The number of benzene rings is 1. The van der Waals surface area contributed by atoms with Crippen LogP contribution in [0.5, 0.6) is 0 Å². The summed E-state index contributed by atoms with van der Waals surface area (Å²) in [7, 11) is 0. The Balaban J connectivity index is 1.28.